The van der Waals surface area contributed by atoms with Crippen molar-refractivity contribution in [1.82, 2.24) is 9.21 Å². The average Bonchev–Trinajstić information content (AvgIpc) is 3.16. The van der Waals surface area contributed by atoms with Gasteiger partial charge in [0.15, 0.2) is 0 Å². The maximum absolute atomic E-state index is 13.0. The summed E-state index contributed by atoms with van der Waals surface area (Å²) in [7, 11) is -3.54. The van der Waals surface area contributed by atoms with E-state index in [2.05, 4.69) is 0 Å². The predicted octanol–water partition coefficient (Wildman–Crippen LogP) is 3.18. The first-order valence-corrected chi connectivity index (χ1v) is 11.4. The highest BCUT2D eigenvalue weighted by atomic mass is 32.2. The number of carbonyl (C=O) groups excluding carboxylic acids is 1. The summed E-state index contributed by atoms with van der Waals surface area (Å²) in [6, 6.07) is 9.31. The molecule has 146 valence electrons. The Bertz CT molecular complexity index is 926. The van der Waals surface area contributed by atoms with Gasteiger partial charge in [-0.05, 0) is 50.8 Å². The number of sulfonamides is 1. The summed E-state index contributed by atoms with van der Waals surface area (Å²) >= 11 is 1.57. The van der Waals surface area contributed by atoms with Crippen LogP contribution in [0.4, 0.5) is 0 Å². The third kappa shape index (κ3) is 3.81. The van der Waals surface area contributed by atoms with Gasteiger partial charge >= 0.3 is 0 Å². The van der Waals surface area contributed by atoms with E-state index in [-0.39, 0.29) is 5.91 Å². The number of thiophene rings is 1. The van der Waals surface area contributed by atoms with Crippen LogP contribution in [0, 0.1) is 13.8 Å². The first-order valence-electron chi connectivity index (χ1n) is 9.05. The zero-order chi connectivity index (χ0) is 19.8. The third-order valence-corrected chi connectivity index (χ3v) is 8.40. The van der Waals surface area contributed by atoms with Crippen LogP contribution < -0.4 is 0 Å². The Morgan fingerprint density at radius 1 is 1.07 bits per heavy atom. The maximum Gasteiger partial charge on any atom is 0.243 e. The van der Waals surface area contributed by atoms with E-state index in [0.717, 1.165) is 16.0 Å². The molecule has 1 aliphatic rings. The molecule has 3 rings (SSSR count). The summed E-state index contributed by atoms with van der Waals surface area (Å²) in [5.74, 6) is 0.0496. The Labute approximate surface area is 165 Å². The van der Waals surface area contributed by atoms with Crippen LogP contribution in [0.3, 0.4) is 0 Å². The molecule has 5 nitrogen and oxygen atoms in total. The molecule has 0 aliphatic carbocycles. The lowest BCUT2D eigenvalue weighted by atomic mass is 9.89. The van der Waals surface area contributed by atoms with Crippen LogP contribution in [-0.2, 0) is 20.2 Å². The number of amides is 1. The van der Waals surface area contributed by atoms with E-state index in [9.17, 15) is 13.2 Å². The molecule has 0 bridgehead atoms. The number of hydrogen-bond donors (Lipinski definition) is 0. The minimum absolute atomic E-state index is 0.0496. The summed E-state index contributed by atoms with van der Waals surface area (Å²) in [5, 5.41) is 1.97. The molecule has 1 aromatic heterocycles. The molecular weight excluding hydrogens is 380 g/mol. The normalized spacial score (nSPS) is 16.5. The minimum Gasteiger partial charge on any atom is -0.339 e. The van der Waals surface area contributed by atoms with E-state index in [0.29, 0.717) is 31.1 Å². The Morgan fingerprint density at radius 2 is 1.74 bits per heavy atom. The summed E-state index contributed by atoms with van der Waals surface area (Å²) in [6.07, 6.45) is 0. The Hall–Kier alpha value is -1.70. The standard InChI is InChI=1S/C20H26N2O3S2/c1-15-7-8-17(16(2)14-15)27(24,25)22-11-9-21(10-12-22)19(23)20(3,4)18-6-5-13-26-18/h5-8,13-14H,9-12H2,1-4H3. The Balaban J connectivity index is 1.72. The van der Waals surface area contributed by atoms with E-state index in [1.165, 1.54) is 4.31 Å². The number of piperazine rings is 1. The fourth-order valence-corrected chi connectivity index (χ4v) is 5.97. The molecule has 27 heavy (non-hydrogen) atoms. The van der Waals surface area contributed by atoms with Crippen LogP contribution in [0.25, 0.3) is 0 Å². The topological polar surface area (TPSA) is 57.7 Å². The lowest BCUT2D eigenvalue weighted by Gasteiger charge is -2.38. The lowest BCUT2D eigenvalue weighted by Crippen LogP contribution is -2.54. The summed E-state index contributed by atoms with van der Waals surface area (Å²) < 4.78 is 27.5. The molecular formula is C20H26N2O3S2. The number of benzene rings is 1. The van der Waals surface area contributed by atoms with Gasteiger partial charge in [0.25, 0.3) is 0 Å². The van der Waals surface area contributed by atoms with Crippen LogP contribution in [0.1, 0.15) is 29.9 Å². The molecule has 1 fully saturated rings. The highest BCUT2D eigenvalue weighted by Crippen LogP contribution is 2.30. The van der Waals surface area contributed by atoms with Gasteiger partial charge in [-0.1, -0.05) is 23.8 Å². The Kier molecular flexibility index (Phi) is 5.47. The van der Waals surface area contributed by atoms with Crippen molar-refractivity contribution in [1.29, 1.82) is 0 Å². The van der Waals surface area contributed by atoms with E-state index < -0.39 is 15.4 Å². The largest absolute Gasteiger partial charge is 0.339 e. The van der Waals surface area contributed by atoms with Crippen molar-refractivity contribution in [3.8, 4) is 0 Å². The average molecular weight is 407 g/mol. The molecule has 0 spiro atoms. The smallest absolute Gasteiger partial charge is 0.243 e. The summed E-state index contributed by atoms with van der Waals surface area (Å²) in [6.45, 7) is 9.10. The predicted molar refractivity (Wildman–Crippen MR) is 109 cm³/mol. The van der Waals surface area contributed by atoms with E-state index >= 15 is 0 Å². The molecule has 0 atom stereocenters. The monoisotopic (exact) mass is 406 g/mol. The van der Waals surface area contributed by atoms with Gasteiger partial charge in [-0.15, -0.1) is 11.3 Å². The zero-order valence-electron chi connectivity index (χ0n) is 16.2. The summed E-state index contributed by atoms with van der Waals surface area (Å²) in [5.41, 5.74) is 1.20. The number of hydrogen-bond acceptors (Lipinski definition) is 4. The van der Waals surface area contributed by atoms with Crippen molar-refractivity contribution in [2.45, 2.75) is 38.0 Å². The van der Waals surface area contributed by atoms with E-state index in [1.807, 2.05) is 57.3 Å². The third-order valence-electron chi connectivity index (χ3n) is 5.15. The number of aryl methyl sites for hydroxylation is 2. The van der Waals surface area contributed by atoms with Crippen LogP contribution in [0.2, 0.25) is 0 Å². The van der Waals surface area contributed by atoms with Crippen molar-refractivity contribution in [2.24, 2.45) is 0 Å². The van der Waals surface area contributed by atoms with Gasteiger partial charge in [-0.3, -0.25) is 4.79 Å². The molecule has 2 heterocycles. The van der Waals surface area contributed by atoms with Crippen molar-refractivity contribution < 1.29 is 13.2 Å². The van der Waals surface area contributed by atoms with Gasteiger partial charge in [0.2, 0.25) is 15.9 Å². The second-order valence-corrected chi connectivity index (χ2v) is 10.4. The molecule has 0 saturated carbocycles. The van der Waals surface area contributed by atoms with Crippen molar-refractivity contribution in [3.63, 3.8) is 0 Å². The molecule has 0 unspecified atom stereocenters. The van der Waals surface area contributed by atoms with Gasteiger partial charge in [0.1, 0.15) is 0 Å². The second-order valence-electron chi connectivity index (χ2n) is 7.57. The SMILES string of the molecule is Cc1ccc(S(=O)(=O)N2CCN(C(=O)C(C)(C)c3cccs3)CC2)c(C)c1. The quantitative estimate of drug-likeness (QED) is 0.784. The maximum atomic E-state index is 13.0. The first kappa shape index (κ1) is 20.0. The molecule has 1 aromatic carbocycles. The van der Waals surface area contributed by atoms with Crippen LogP contribution >= 0.6 is 11.3 Å². The van der Waals surface area contributed by atoms with Gasteiger partial charge in [-0.25, -0.2) is 8.42 Å². The van der Waals surface area contributed by atoms with E-state index in [1.54, 1.807) is 22.3 Å². The van der Waals surface area contributed by atoms with Gasteiger partial charge in [0.05, 0.1) is 10.3 Å². The highest BCUT2D eigenvalue weighted by Gasteiger charge is 2.38. The molecule has 7 heteroatoms. The van der Waals surface area contributed by atoms with Gasteiger partial charge in [-0.2, -0.15) is 4.31 Å². The Morgan fingerprint density at radius 3 is 2.30 bits per heavy atom. The fraction of sp³-hybridized carbons (Fsp3) is 0.450. The highest BCUT2D eigenvalue weighted by molar-refractivity contribution is 7.89. The van der Waals surface area contributed by atoms with E-state index in [4.69, 9.17) is 0 Å². The molecule has 1 amide bonds. The molecule has 0 radical (unpaired) electrons. The van der Waals surface area contributed by atoms with Gasteiger partial charge in [0, 0.05) is 31.1 Å². The fourth-order valence-electron chi connectivity index (χ4n) is 3.49. The minimum atomic E-state index is -3.54. The summed E-state index contributed by atoms with van der Waals surface area (Å²) in [4.78, 5) is 16.2. The molecule has 0 N–H and O–H groups in total. The zero-order valence-corrected chi connectivity index (χ0v) is 17.9. The van der Waals surface area contributed by atoms with Crippen LogP contribution in [0.15, 0.2) is 40.6 Å². The van der Waals surface area contributed by atoms with Crippen molar-refractivity contribution >= 4 is 27.3 Å². The molecule has 1 aliphatic heterocycles. The lowest BCUT2D eigenvalue weighted by molar-refractivity contribution is -0.137. The second kappa shape index (κ2) is 7.37. The molecule has 1 saturated heterocycles. The number of nitrogens with zero attached hydrogens (tertiary/aromatic N) is 2. The number of rotatable bonds is 4. The van der Waals surface area contributed by atoms with Crippen LogP contribution in [-0.4, -0.2) is 49.7 Å². The molecule has 2 aromatic rings. The first-order chi connectivity index (χ1) is 12.6. The van der Waals surface area contributed by atoms with Gasteiger partial charge < -0.3 is 4.90 Å². The van der Waals surface area contributed by atoms with Crippen LogP contribution in [0.5, 0.6) is 0 Å². The number of carbonyl (C=O) groups is 1. The van der Waals surface area contributed by atoms with Crippen molar-refractivity contribution in [3.05, 3.63) is 51.7 Å². The van der Waals surface area contributed by atoms with Crippen molar-refractivity contribution in [2.75, 3.05) is 26.2 Å².